The Labute approximate surface area is 205 Å². The first kappa shape index (κ1) is 27.3. The van der Waals surface area contributed by atoms with Gasteiger partial charge in [-0.1, -0.05) is 31.5 Å². The van der Waals surface area contributed by atoms with Crippen molar-refractivity contribution in [2.24, 2.45) is 0 Å². The van der Waals surface area contributed by atoms with E-state index in [0.717, 1.165) is 0 Å². The predicted octanol–water partition coefficient (Wildman–Crippen LogP) is 5.67. The highest BCUT2D eigenvalue weighted by Crippen LogP contribution is 2.35. The minimum Gasteiger partial charge on any atom is -0.494 e. The Morgan fingerprint density at radius 3 is 2.21 bits per heavy atom. The lowest BCUT2D eigenvalue weighted by atomic mass is 9.95. The highest BCUT2D eigenvalue weighted by atomic mass is 35.5. The lowest BCUT2D eigenvalue weighted by Crippen LogP contribution is -2.36. The third kappa shape index (κ3) is 7.57. The summed E-state index contributed by atoms with van der Waals surface area (Å²) in [4.78, 5) is 36.0. The molecule has 3 atom stereocenters. The SMILES string of the molecule is CC.CCOc1ccc(C(=O)c2cc(C3CC(OC(C)=O)CC(OC(C)=O)O3)ccc2Cl)cc1. The van der Waals surface area contributed by atoms with Crippen LogP contribution in [0.4, 0.5) is 0 Å². The first-order valence-electron chi connectivity index (χ1n) is 11.3. The summed E-state index contributed by atoms with van der Waals surface area (Å²) in [6.45, 7) is 9.02. The van der Waals surface area contributed by atoms with Crippen LogP contribution in [0.3, 0.4) is 0 Å². The quantitative estimate of drug-likeness (QED) is 0.365. The summed E-state index contributed by atoms with van der Waals surface area (Å²) in [6, 6.07) is 11.8. The third-order valence-corrected chi connectivity index (χ3v) is 5.24. The van der Waals surface area contributed by atoms with Gasteiger partial charge in [0.15, 0.2) is 5.78 Å². The van der Waals surface area contributed by atoms with E-state index in [1.165, 1.54) is 13.8 Å². The molecule has 2 aromatic carbocycles. The van der Waals surface area contributed by atoms with E-state index < -0.39 is 30.4 Å². The summed E-state index contributed by atoms with van der Waals surface area (Å²) >= 11 is 6.33. The maximum absolute atomic E-state index is 13.1. The van der Waals surface area contributed by atoms with Gasteiger partial charge in [-0.3, -0.25) is 14.4 Å². The van der Waals surface area contributed by atoms with Crippen LogP contribution in [0.2, 0.25) is 5.02 Å². The van der Waals surface area contributed by atoms with Gasteiger partial charge in [0, 0.05) is 37.8 Å². The van der Waals surface area contributed by atoms with Gasteiger partial charge in [-0.25, -0.2) is 0 Å². The van der Waals surface area contributed by atoms with Crippen molar-refractivity contribution in [2.45, 2.75) is 66.0 Å². The molecule has 8 heteroatoms. The zero-order valence-electron chi connectivity index (χ0n) is 20.1. The second-order valence-electron chi connectivity index (χ2n) is 7.39. The Bertz CT molecular complexity index is 963. The monoisotopic (exact) mass is 490 g/mol. The zero-order chi connectivity index (χ0) is 25.3. The molecule has 0 spiro atoms. The molecule has 1 heterocycles. The summed E-state index contributed by atoms with van der Waals surface area (Å²) in [5, 5.41) is 0.302. The predicted molar refractivity (Wildman–Crippen MR) is 128 cm³/mol. The van der Waals surface area contributed by atoms with Crippen molar-refractivity contribution in [2.75, 3.05) is 6.61 Å². The summed E-state index contributed by atoms with van der Waals surface area (Å²) in [6.07, 6.45) is -1.31. The van der Waals surface area contributed by atoms with Crippen molar-refractivity contribution in [3.63, 3.8) is 0 Å². The number of halogens is 1. The topological polar surface area (TPSA) is 88.1 Å². The molecule has 1 aliphatic rings. The van der Waals surface area contributed by atoms with E-state index in [1.54, 1.807) is 42.5 Å². The fourth-order valence-corrected chi connectivity index (χ4v) is 3.80. The number of hydrogen-bond acceptors (Lipinski definition) is 7. The number of carbonyl (C=O) groups excluding carboxylic acids is 3. The van der Waals surface area contributed by atoms with Crippen LogP contribution in [0, 0.1) is 0 Å². The molecule has 7 nitrogen and oxygen atoms in total. The van der Waals surface area contributed by atoms with E-state index in [0.29, 0.717) is 40.5 Å². The van der Waals surface area contributed by atoms with E-state index in [1.807, 2.05) is 20.8 Å². The van der Waals surface area contributed by atoms with Crippen LogP contribution < -0.4 is 4.74 Å². The van der Waals surface area contributed by atoms with Gasteiger partial charge in [0.25, 0.3) is 0 Å². The molecule has 3 rings (SSSR count). The summed E-state index contributed by atoms with van der Waals surface area (Å²) in [5.41, 5.74) is 1.45. The van der Waals surface area contributed by atoms with Crippen molar-refractivity contribution in [1.29, 1.82) is 0 Å². The van der Waals surface area contributed by atoms with Crippen molar-refractivity contribution in [3.05, 3.63) is 64.2 Å². The molecule has 0 N–H and O–H groups in total. The van der Waals surface area contributed by atoms with Crippen LogP contribution in [0.5, 0.6) is 5.75 Å². The van der Waals surface area contributed by atoms with Crippen molar-refractivity contribution >= 4 is 29.3 Å². The van der Waals surface area contributed by atoms with Gasteiger partial charge in [-0.05, 0) is 48.9 Å². The molecule has 0 aromatic heterocycles. The van der Waals surface area contributed by atoms with E-state index in [9.17, 15) is 14.4 Å². The Hall–Kier alpha value is -2.90. The minimum atomic E-state index is -0.864. The standard InChI is InChI=1S/C24H25ClO7.C2H6/c1-4-29-18-8-5-16(6-9-18)24(28)20-11-17(7-10-21(20)25)22-12-19(30-14(2)26)13-23(32-22)31-15(3)27;1-2/h5-11,19,22-23H,4,12-13H2,1-3H3;1-2H3. The second-order valence-corrected chi connectivity index (χ2v) is 7.80. The number of ether oxygens (including phenoxy) is 4. The highest BCUT2D eigenvalue weighted by molar-refractivity contribution is 6.35. The molecule has 0 saturated carbocycles. The molecule has 34 heavy (non-hydrogen) atoms. The average molecular weight is 491 g/mol. The Kier molecular flexibility index (Phi) is 10.5. The highest BCUT2D eigenvalue weighted by Gasteiger charge is 2.34. The van der Waals surface area contributed by atoms with E-state index in [2.05, 4.69) is 0 Å². The molecular formula is C26H31ClO7. The fraction of sp³-hybridized carbons (Fsp3) is 0.423. The number of esters is 2. The first-order valence-corrected chi connectivity index (χ1v) is 11.7. The normalized spacial score (nSPS) is 19.3. The van der Waals surface area contributed by atoms with Gasteiger partial charge >= 0.3 is 11.9 Å². The molecule has 0 radical (unpaired) electrons. The van der Waals surface area contributed by atoms with Gasteiger partial charge in [0.1, 0.15) is 11.9 Å². The van der Waals surface area contributed by atoms with Gasteiger partial charge in [0.2, 0.25) is 6.29 Å². The maximum atomic E-state index is 13.1. The smallest absolute Gasteiger partial charge is 0.304 e. The van der Waals surface area contributed by atoms with E-state index in [4.69, 9.17) is 30.5 Å². The summed E-state index contributed by atoms with van der Waals surface area (Å²) < 4.78 is 21.9. The number of rotatable bonds is 7. The molecule has 1 aliphatic heterocycles. The number of carbonyl (C=O) groups is 3. The zero-order valence-corrected chi connectivity index (χ0v) is 20.9. The Balaban J connectivity index is 0.00000199. The van der Waals surface area contributed by atoms with Crippen LogP contribution in [0.15, 0.2) is 42.5 Å². The lowest BCUT2D eigenvalue weighted by molar-refractivity contribution is -0.220. The van der Waals surface area contributed by atoms with Gasteiger partial charge in [-0.15, -0.1) is 0 Å². The largest absolute Gasteiger partial charge is 0.494 e. The van der Waals surface area contributed by atoms with Crippen molar-refractivity contribution in [1.82, 2.24) is 0 Å². The molecule has 3 unspecified atom stereocenters. The van der Waals surface area contributed by atoms with Crippen LogP contribution in [0.1, 0.15) is 75.0 Å². The molecule has 0 bridgehead atoms. The van der Waals surface area contributed by atoms with Crippen LogP contribution in [-0.2, 0) is 23.8 Å². The Morgan fingerprint density at radius 1 is 0.971 bits per heavy atom. The van der Waals surface area contributed by atoms with Crippen LogP contribution >= 0.6 is 11.6 Å². The molecule has 0 amide bonds. The maximum Gasteiger partial charge on any atom is 0.304 e. The van der Waals surface area contributed by atoms with Crippen LogP contribution in [-0.4, -0.2) is 36.7 Å². The summed E-state index contributed by atoms with van der Waals surface area (Å²) in [5.74, 6) is -0.504. The average Bonchev–Trinajstić information content (AvgIpc) is 2.80. The van der Waals surface area contributed by atoms with E-state index >= 15 is 0 Å². The number of ketones is 1. The number of benzene rings is 2. The minimum absolute atomic E-state index is 0.237. The Morgan fingerprint density at radius 2 is 1.62 bits per heavy atom. The van der Waals surface area contributed by atoms with E-state index in [-0.39, 0.29) is 12.2 Å². The molecule has 1 fully saturated rings. The third-order valence-electron chi connectivity index (χ3n) is 4.91. The molecular weight excluding hydrogens is 460 g/mol. The van der Waals surface area contributed by atoms with Crippen molar-refractivity contribution in [3.8, 4) is 5.75 Å². The fourth-order valence-electron chi connectivity index (χ4n) is 3.59. The summed E-state index contributed by atoms with van der Waals surface area (Å²) in [7, 11) is 0. The van der Waals surface area contributed by atoms with Gasteiger partial charge < -0.3 is 18.9 Å². The van der Waals surface area contributed by atoms with Crippen LogP contribution in [0.25, 0.3) is 0 Å². The van der Waals surface area contributed by atoms with Gasteiger partial charge in [0.05, 0.1) is 17.7 Å². The second kappa shape index (κ2) is 13.1. The molecule has 0 aliphatic carbocycles. The molecule has 1 saturated heterocycles. The first-order chi connectivity index (χ1) is 16.3. The molecule has 2 aromatic rings. The van der Waals surface area contributed by atoms with Crippen molar-refractivity contribution < 1.29 is 33.3 Å². The van der Waals surface area contributed by atoms with Gasteiger partial charge in [-0.2, -0.15) is 0 Å². The molecule has 184 valence electrons. The lowest BCUT2D eigenvalue weighted by Gasteiger charge is -2.34. The number of hydrogen-bond donors (Lipinski definition) is 0.